The molecule has 174 valence electrons. The Labute approximate surface area is 193 Å². The summed E-state index contributed by atoms with van der Waals surface area (Å²) in [5.41, 5.74) is 1.11. The van der Waals surface area contributed by atoms with Crippen LogP contribution in [-0.2, 0) is 13.1 Å². The van der Waals surface area contributed by atoms with E-state index >= 15 is 0 Å². The molecule has 1 fully saturated rings. The second-order valence-electron chi connectivity index (χ2n) is 7.83. The number of halogens is 2. The molecule has 1 aliphatic rings. The number of nitrogens with zero attached hydrogens (tertiary/aromatic N) is 4. The fourth-order valence-electron chi connectivity index (χ4n) is 4.09. The predicted octanol–water partition coefficient (Wildman–Crippen LogP) is 2.43. The first-order valence-corrected chi connectivity index (χ1v) is 11.0. The van der Waals surface area contributed by atoms with Gasteiger partial charge in [0.1, 0.15) is 16.2 Å². The van der Waals surface area contributed by atoms with Gasteiger partial charge in [0.2, 0.25) is 5.95 Å². The van der Waals surface area contributed by atoms with E-state index in [9.17, 15) is 18.4 Å². The molecule has 0 aliphatic carbocycles. The minimum atomic E-state index is -0.686. The fraction of sp³-hybridized carbons (Fsp3) is 0.364. The number of pyridine rings is 1. The first-order valence-electron chi connectivity index (χ1n) is 10.6. The fourth-order valence-corrected chi connectivity index (χ4v) is 4.51. The van der Waals surface area contributed by atoms with Crippen LogP contribution >= 0.6 is 12.2 Å². The van der Waals surface area contributed by atoms with Crippen molar-refractivity contribution in [1.29, 1.82) is 0 Å². The van der Waals surface area contributed by atoms with Gasteiger partial charge in [-0.2, -0.15) is 4.39 Å². The molecular formula is C22H24F2N6O2S. The summed E-state index contributed by atoms with van der Waals surface area (Å²) in [6.07, 6.45) is 0. The quantitative estimate of drug-likeness (QED) is 0.437. The van der Waals surface area contributed by atoms with Gasteiger partial charge in [0.25, 0.3) is 5.91 Å². The van der Waals surface area contributed by atoms with Crippen molar-refractivity contribution in [3.63, 3.8) is 0 Å². The Hall–Kier alpha value is -3.18. The second kappa shape index (κ2) is 9.36. The molecule has 3 heterocycles. The van der Waals surface area contributed by atoms with Crippen molar-refractivity contribution in [2.75, 3.05) is 38.1 Å². The Morgan fingerprint density at radius 3 is 2.58 bits per heavy atom. The highest BCUT2D eigenvalue weighted by Crippen LogP contribution is 2.23. The topological polar surface area (TPSA) is 86.3 Å². The lowest BCUT2D eigenvalue weighted by atomic mass is 10.1. The van der Waals surface area contributed by atoms with Gasteiger partial charge in [-0.15, -0.1) is 0 Å². The summed E-state index contributed by atoms with van der Waals surface area (Å²) < 4.78 is 30.8. The molecule has 1 saturated heterocycles. The Morgan fingerprint density at radius 2 is 1.94 bits per heavy atom. The van der Waals surface area contributed by atoms with E-state index < -0.39 is 17.7 Å². The number of piperazine rings is 1. The number of carbonyl (C=O) groups excluding carboxylic acids is 1. The Morgan fingerprint density at radius 1 is 1.21 bits per heavy atom. The highest BCUT2D eigenvalue weighted by Gasteiger charge is 2.22. The number of hydrogen-bond acceptors (Lipinski definition) is 6. The molecule has 8 nitrogen and oxygen atoms in total. The number of hydrogen-bond donors (Lipinski definition) is 2. The third-order valence-electron chi connectivity index (χ3n) is 5.82. The number of aromatic amines is 1. The van der Waals surface area contributed by atoms with E-state index in [0.29, 0.717) is 50.5 Å². The maximum absolute atomic E-state index is 14.8. The van der Waals surface area contributed by atoms with Crippen LogP contribution in [0.2, 0.25) is 0 Å². The summed E-state index contributed by atoms with van der Waals surface area (Å²) >= 11 is 5.30. The van der Waals surface area contributed by atoms with Crippen molar-refractivity contribution < 1.29 is 13.6 Å². The van der Waals surface area contributed by atoms with E-state index in [1.807, 2.05) is 4.90 Å². The van der Waals surface area contributed by atoms with Crippen LogP contribution in [0.25, 0.3) is 10.9 Å². The smallest absolute Gasteiger partial charge is 0.326 e. The molecule has 0 atom stereocenters. The van der Waals surface area contributed by atoms with Crippen LogP contribution in [0.3, 0.4) is 0 Å². The number of carbonyl (C=O) groups is 1. The van der Waals surface area contributed by atoms with Gasteiger partial charge in [-0.05, 0) is 36.8 Å². The molecule has 11 heteroatoms. The van der Waals surface area contributed by atoms with Crippen LogP contribution in [0.4, 0.5) is 14.5 Å². The van der Waals surface area contributed by atoms with Crippen molar-refractivity contribution in [1.82, 2.24) is 24.8 Å². The van der Waals surface area contributed by atoms with E-state index in [1.54, 1.807) is 19.1 Å². The number of fused-ring (bicyclic) bond motifs is 1. The minimum absolute atomic E-state index is 0.0282. The molecule has 0 saturated carbocycles. The molecule has 0 bridgehead atoms. The van der Waals surface area contributed by atoms with Crippen LogP contribution in [0.15, 0.2) is 29.1 Å². The molecule has 3 aromatic rings. The summed E-state index contributed by atoms with van der Waals surface area (Å²) in [5.74, 6) is -1.59. The summed E-state index contributed by atoms with van der Waals surface area (Å²) in [7, 11) is 1.46. The van der Waals surface area contributed by atoms with Crippen LogP contribution in [0, 0.1) is 16.4 Å². The van der Waals surface area contributed by atoms with Gasteiger partial charge < -0.3 is 15.2 Å². The van der Waals surface area contributed by atoms with Crippen LogP contribution in [0.1, 0.15) is 23.0 Å². The monoisotopic (exact) mass is 474 g/mol. The van der Waals surface area contributed by atoms with E-state index in [-0.39, 0.29) is 21.4 Å². The van der Waals surface area contributed by atoms with Gasteiger partial charge >= 0.3 is 5.69 Å². The minimum Gasteiger partial charge on any atom is -0.365 e. The van der Waals surface area contributed by atoms with Crippen LogP contribution < -0.4 is 15.9 Å². The Kier molecular flexibility index (Phi) is 6.52. The van der Waals surface area contributed by atoms with Gasteiger partial charge in [-0.1, -0.05) is 12.2 Å². The van der Waals surface area contributed by atoms with E-state index in [2.05, 4.69) is 20.2 Å². The zero-order chi connectivity index (χ0) is 23.7. The molecule has 1 aromatic carbocycles. The number of anilines is 1. The standard InChI is InChI=1S/C22H24F2N6O2S/c1-3-30-21(33)18-14(23)10-13(11-16(18)27-22(30)32)12-28-6-8-29(9-7-28)17-5-4-15(20(31)25-2)26-19(17)24/h4-5,10-11H,3,6-9,12H2,1-2H3,(H,25,31)(H,27,32). The number of benzene rings is 1. The molecule has 33 heavy (non-hydrogen) atoms. The van der Waals surface area contributed by atoms with Crippen molar-refractivity contribution in [2.24, 2.45) is 0 Å². The summed E-state index contributed by atoms with van der Waals surface area (Å²) in [4.78, 5) is 34.3. The number of rotatable bonds is 5. The van der Waals surface area contributed by atoms with Gasteiger partial charge in [0, 0.05) is 46.3 Å². The SMILES string of the molecule is CCn1c(=O)[nH]c2cc(CN3CCN(c4ccc(C(=O)NC)nc4F)CC3)cc(F)c2c1=S. The summed E-state index contributed by atoms with van der Waals surface area (Å²) in [5, 5.41) is 2.66. The van der Waals surface area contributed by atoms with Crippen molar-refractivity contribution in [2.45, 2.75) is 20.0 Å². The lowest BCUT2D eigenvalue weighted by Gasteiger charge is -2.36. The lowest BCUT2D eigenvalue weighted by molar-refractivity contribution is 0.0957. The molecule has 1 amide bonds. The maximum atomic E-state index is 14.8. The third kappa shape index (κ3) is 4.51. The molecule has 0 spiro atoms. The Bertz CT molecular complexity index is 1330. The van der Waals surface area contributed by atoms with Crippen molar-refractivity contribution in [3.8, 4) is 0 Å². The maximum Gasteiger partial charge on any atom is 0.326 e. The Balaban J connectivity index is 1.48. The van der Waals surface area contributed by atoms with E-state index in [0.717, 1.165) is 5.56 Å². The average molecular weight is 475 g/mol. The van der Waals surface area contributed by atoms with Gasteiger partial charge in [0.05, 0.1) is 16.6 Å². The largest absolute Gasteiger partial charge is 0.365 e. The predicted molar refractivity (Wildman–Crippen MR) is 124 cm³/mol. The van der Waals surface area contributed by atoms with Crippen LogP contribution in [0.5, 0.6) is 0 Å². The number of H-pyrrole nitrogens is 1. The zero-order valence-electron chi connectivity index (χ0n) is 18.3. The van der Waals surface area contributed by atoms with Gasteiger partial charge in [-0.25, -0.2) is 14.2 Å². The summed E-state index contributed by atoms with van der Waals surface area (Å²) in [6.45, 7) is 4.98. The summed E-state index contributed by atoms with van der Waals surface area (Å²) in [6, 6.07) is 6.26. The zero-order valence-corrected chi connectivity index (χ0v) is 19.1. The first-order chi connectivity index (χ1) is 15.8. The van der Waals surface area contributed by atoms with Crippen molar-refractivity contribution in [3.05, 3.63) is 62.4 Å². The molecule has 0 unspecified atom stereocenters. The molecule has 0 radical (unpaired) electrons. The number of nitrogens with one attached hydrogen (secondary N) is 2. The molecule has 4 rings (SSSR count). The van der Waals surface area contributed by atoms with E-state index in [4.69, 9.17) is 12.2 Å². The molecular weight excluding hydrogens is 450 g/mol. The lowest BCUT2D eigenvalue weighted by Crippen LogP contribution is -2.46. The third-order valence-corrected chi connectivity index (χ3v) is 6.24. The van der Waals surface area contributed by atoms with Crippen molar-refractivity contribution >= 4 is 34.7 Å². The van der Waals surface area contributed by atoms with Crippen LogP contribution in [-0.4, -0.2) is 58.6 Å². The second-order valence-corrected chi connectivity index (χ2v) is 8.22. The van der Waals surface area contributed by atoms with Gasteiger partial charge in [0.15, 0.2) is 0 Å². The van der Waals surface area contributed by atoms with E-state index in [1.165, 1.54) is 23.7 Å². The highest BCUT2D eigenvalue weighted by molar-refractivity contribution is 7.71. The molecule has 1 aliphatic heterocycles. The number of aromatic nitrogens is 3. The van der Waals surface area contributed by atoms with Gasteiger partial charge in [-0.3, -0.25) is 14.3 Å². The first kappa shape index (κ1) is 23.0. The molecule has 2 N–H and O–H groups in total. The number of amides is 1. The average Bonchev–Trinajstić information content (AvgIpc) is 2.79. The molecule has 2 aromatic heterocycles. The normalized spacial score (nSPS) is 14.6. The highest BCUT2D eigenvalue weighted by atomic mass is 32.1.